The number of hydrogen-bond donors (Lipinski definition) is 1. The van der Waals surface area contributed by atoms with Gasteiger partial charge in [-0.25, -0.2) is 4.98 Å². The first kappa shape index (κ1) is 12.8. The van der Waals surface area contributed by atoms with Crippen LogP contribution >= 0.6 is 23.2 Å². The molecule has 2 rings (SSSR count). The summed E-state index contributed by atoms with van der Waals surface area (Å²) in [4.78, 5) is 7.75. The van der Waals surface area contributed by atoms with Gasteiger partial charge in [0.1, 0.15) is 16.9 Å². The van der Waals surface area contributed by atoms with E-state index in [9.17, 15) is 0 Å². The lowest BCUT2D eigenvalue weighted by atomic mass is 10.3. The van der Waals surface area contributed by atoms with Crippen molar-refractivity contribution in [2.75, 3.05) is 18.5 Å². The van der Waals surface area contributed by atoms with Crippen molar-refractivity contribution < 1.29 is 9.47 Å². The fourth-order valence-corrected chi connectivity index (χ4v) is 1.83. The van der Waals surface area contributed by atoms with E-state index in [4.69, 9.17) is 32.7 Å². The van der Waals surface area contributed by atoms with E-state index in [1.165, 1.54) is 6.20 Å². The maximum absolute atomic E-state index is 5.92. The number of ether oxygens (including phenoxy) is 2. The van der Waals surface area contributed by atoms with Crippen LogP contribution in [-0.4, -0.2) is 35.0 Å². The predicted molar refractivity (Wildman–Crippen MR) is 65.4 cm³/mol. The Morgan fingerprint density at radius 3 is 2.94 bits per heavy atom. The highest BCUT2D eigenvalue weighted by atomic mass is 35.5. The number of nitrogens with zero attached hydrogens (tertiary/aromatic N) is 2. The number of halogens is 2. The van der Waals surface area contributed by atoms with Crippen LogP contribution < -0.4 is 5.32 Å². The lowest BCUT2D eigenvalue weighted by molar-refractivity contribution is -0.136. The van der Waals surface area contributed by atoms with Crippen LogP contribution in [0.2, 0.25) is 10.3 Å². The van der Waals surface area contributed by atoms with E-state index in [1.807, 2.05) is 13.8 Å². The number of hydrogen-bond acceptors (Lipinski definition) is 5. The summed E-state index contributed by atoms with van der Waals surface area (Å²) < 4.78 is 11.1. The third-order valence-corrected chi connectivity index (χ3v) is 2.74. The van der Waals surface area contributed by atoms with Crippen LogP contribution in [0.3, 0.4) is 0 Å². The Kier molecular flexibility index (Phi) is 3.73. The zero-order valence-electron chi connectivity index (χ0n) is 9.54. The Labute approximate surface area is 109 Å². The summed E-state index contributed by atoms with van der Waals surface area (Å²) in [5, 5.41) is 3.64. The minimum Gasteiger partial charge on any atom is -0.366 e. The van der Waals surface area contributed by atoms with Crippen molar-refractivity contribution in [1.29, 1.82) is 0 Å². The first-order valence-corrected chi connectivity index (χ1v) is 5.95. The van der Waals surface area contributed by atoms with Gasteiger partial charge in [-0.1, -0.05) is 11.6 Å². The summed E-state index contributed by atoms with van der Waals surface area (Å²) >= 11 is 11.6. The molecule has 7 heteroatoms. The highest BCUT2D eigenvalue weighted by Crippen LogP contribution is 2.24. The molecule has 2 heterocycles. The fourth-order valence-electron chi connectivity index (χ4n) is 1.54. The van der Waals surface area contributed by atoms with Crippen LogP contribution in [0.4, 0.5) is 5.82 Å². The smallest absolute Gasteiger partial charge is 0.224 e. The van der Waals surface area contributed by atoms with Crippen molar-refractivity contribution in [3.05, 3.63) is 16.5 Å². The van der Waals surface area contributed by atoms with Gasteiger partial charge in [-0.2, -0.15) is 4.98 Å². The summed E-state index contributed by atoms with van der Waals surface area (Å²) in [6, 6.07) is 0. The molecule has 1 unspecified atom stereocenters. The first-order valence-electron chi connectivity index (χ1n) is 5.20. The average Bonchev–Trinajstić information content (AvgIpc) is 2.60. The third-order valence-electron chi connectivity index (χ3n) is 2.28. The SMILES string of the molecule is CC1(C)OCC(CNc2nc(Cl)ncc2Cl)O1. The topological polar surface area (TPSA) is 56.3 Å². The Morgan fingerprint density at radius 1 is 1.53 bits per heavy atom. The number of aromatic nitrogens is 2. The van der Waals surface area contributed by atoms with Gasteiger partial charge in [-0.3, -0.25) is 0 Å². The largest absolute Gasteiger partial charge is 0.366 e. The minimum absolute atomic E-state index is 0.0326. The van der Waals surface area contributed by atoms with Crippen molar-refractivity contribution in [3.8, 4) is 0 Å². The van der Waals surface area contributed by atoms with Crippen LogP contribution in [0.15, 0.2) is 6.20 Å². The van der Waals surface area contributed by atoms with E-state index < -0.39 is 5.79 Å². The summed E-state index contributed by atoms with van der Waals surface area (Å²) in [5.74, 6) is -0.0283. The highest BCUT2D eigenvalue weighted by Gasteiger charge is 2.32. The second kappa shape index (κ2) is 4.94. The van der Waals surface area contributed by atoms with Gasteiger partial charge in [0.05, 0.1) is 12.8 Å². The molecule has 1 N–H and O–H groups in total. The molecule has 1 aliphatic rings. The quantitative estimate of drug-likeness (QED) is 0.860. The predicted octanol–water partition coefficient (Wildman–Crippen LogP) is 2.35. The standard InChI is InChI=1S/C10H13Cl2N3O2/c1-10(2)16-5-6(17-10)3-13-8-7(11)4-14-9(12)15-8/h4,6H,3,5H2,1-2H3,(H,13,14,15). The van der Waals surface area contributed by atoms with E-state index in [0.717, 1.165) is 0 Å². The van der Waals surface area contributed by atoms with Crippen molar-refractivity contribution in [2.45, 2.75) is 25.7 Å². The van der Waals surface area contributed by atoms with Gasteiger partial charge in [0.2, 0.25) is 5.28 Å². The van der Waals surface area contributed by atoms with Crippen LogP contribution in [0.5, 0.6) is 0 Å². The Bertz CT molecular complexity index is 415. The van der Waals surface area contributed by atoms with Gasteiger partial charge in [0, 0.05) is 6.54 Å². The molecule has 17 heavy (non-hydrogen) atoms. The van der Waals surface area contributed by atoms with Gasteiger partial charge in [0.25, 0.3) is 0 Å². The molecule has 0 amide bonds. The lowest BCUT2D eigenvalue weighted by Crippen LogP contribution is -2.26. The zero-order valence-corrected chi connectivity index (χ0v) is 11.0. The molecule has 1 fully saturated rings. The minimum atomic E-state index is -0.528. The lowest BCUT2D eigenvalue weighted by Gasteiger charge is -2.17. The van der Waals surface area contributed by atoms with E-state index in [-0.39, 0.29) is 11.4 Å². The molecule has 0 aliphatic carbocycles. The Morgan fingerprint density at radius 2 is 2.29 bits per heavy atom. The van der Waals surface area contributed by atoms with E-state index in [1.54, 1.807) is 0 Å². The van der Waals surface area contributed by atoms with Crippen LogP contribution in [0.1, 0.15) is 13.8 Å². The molecule has 1 aromatic heterocycles. The van der Waals surface area contributed by atoms with Gasteiger partial charge in [-0.15, -0.1) is 0 Å². The molecule has 1 atom stereocenters. The molecule has 0 radical (unpaired) electrons. The molecule has 0 spiro atoms. The van der Waals surface area contributed by atoms with E-state index >= 15 is 0 Å². The molecule has 5 nitrogen and oxygen atoms in total. The molecular formula is C10H13Cl2N3O2. The normalized spacial score (nSPS) is 22.7. The number of rotatable bonds is 3. The maximum Gasteiger partial charge on any atom is 0.224 e. The molecule has 0 bridgehead atoms. The summed E-state index contributed by atoms with van der Waals surface area (Å²) in [6.07, 6.45) is 1.42. The monoisotopic (exact) mass is 277 g/mol. The highest BCUT2D eigenvalue weighted by molar-refractivity contribution is 6.33. The first-order chi connectivity index (χ1) is 7.96. The molecule has 1 saturated heterocycles. The second-order valence-corrected chi connectivity index (χ2v) is 4.91. The molecule has 94 valence electrons. The zero-order chi connectivity index (χ0) is 12.5. The average molecular weight is 278 g/mol. The summed E-state index contributed by atoms with van der Waals surface area (Å²) in [5.41, 5.74) is 0. The molecule has 1 aromatic rings. The van der Waals surface area contributed by atoms with Crippen molar-refractivity contribution in [2.24, 2.45) is 0 Å². The molecule has 1 aliphatic heterocycles. The summed E-state index contributed by atoms with van der Waals surface area (Å²) in [6.45, 7) is 4.84. The maximum atomic E-state index is 5.92. The number of anilines is 1. The van der Waals surface area contributed by atoms with Crippen LogP contribution in [0, 0.1) is 0 Å². The van der Waals surface area contributed by atoms with Crippen LogP contribution in [0.25, 0.3) is 0 Å². The fraction of sp³-hybridized carbons (Fsp3) is 0.600. The second-order valence-electron chi connectivity index (χ2n) is 4.17. The van der Waals surface area contributed by atoms with Crippen molar-refractivity contribution in [3.63, 3.8) is 0 Å². The van der Waals surface area contributed by atoms with Crippen molar-refractivity contribution >= 4 is 29.0 Å². The summed E-state index contributed by atoms with van der Waals surface area (Å²) in [7, 11) is 0. The van der Waals surface area contributed by atoms with Crippen LogP contribution in [-0.2, 0) is 9.47 Å². The van der Waals surface area contributed by atoms with Gasteiger partial charge in [-0.05, 0) is 25.4 Å². The van der Waals surface area contributed by atoms with Gasteiger partial charge in [0.15, 0.2) is 5.79 Å². The van der Waals surface area contributed by atoms with Crippen molar-refractivity contribution in [1.82, 2.24) is 9.97 Å². The van der Waals surface area contributed by atoms with Gasteiger partial charge >= 0.3 is 0 Å². The third kappa shape index (κ3) is 3.42. The van der Waals surface area contributed by atoms with Gasteiger partial charge < -0.3 is 14.8 Å². The molecule has 0 saturated carbocycles. The Balaban J connectivity index is 1.92. The van der Waals surface area contributed by atoms with E-state index in [2.05, 4.69) is 15.3 Å². The number of nitrogens with one attached hydrogen (secondary N) is 1. The molecule has 0 aromatic carbocycles. The Hall–Kier alpha value is -0.620. The van der Waals surface area contributed by atoms with E-state index in [0.29, 0.717) is 24.0 Å². The molecular weight excluding hydrogens is 265 g/mol.